The highest BCUT2D eigenvalue weighted by Gasteiger charge is 2.35. The second-order valence-corrected chi connectivity index (χ2v) is 14.3. The quantitative estimate of drug-likeness (QED) is 0.145. The summed E-state index contributed by atoms with van der Waals surface area (Å²) in [5, 5.41) is 0. The number of thiazole rings is 1. The molecule has 11 heteroatoms. The fourth-order valence-electron chi connectivity index (χ4n) is 4.78. The maximum atomic E-state index is 14.3. The van der Waals surface area contributed by atoms with E-state index in [1.807, 2.05) is 60.7 Å². The highest BCUT2D eigenvalue weighted by molar-refractivity contribution is 14.1. The van der Waals surface area contributed by atoms with E-state index < -0.39 is 12.0 Å². The van der Waals surface area contributed by atoms with E-state index in [9.17, 15) is 9.59 Å². The van der Waals surface area contributed by atoms with Crippen LogP contribution in [0.2, 0.25) is 0 Å². The van der Waals surface area contributed by atoms with Gasteiger partial charge in [0.25, 0.3) is 5.56 Å². The van der Waals surface area contributed by atoms with Crippen LogP contribution in [0.15, 0.2) is 86.2 Å². The van der Waals surface area contributed by atoms with Gasteiger partial charge in [-0.25, -0.2) is 9.79 Å². The fraction of sp³-hybridized carbons (Fsp3) is 0.219. The maximum Gasteiger partial charge on any atom is 0.338 e. The minimum atomic E-state index is -0.804. The molecule has 0 fully saturated rings. The first-order chi connectivity index (χ1) is 20.6. The van der Waals surface area contributed by atoms with Crippen molar-refractivity contribution >= 4 is 84.5 Å². The molecule has 0 unspecified atom stereocenters. The van der Waals surface area contributed by atoms with E-state index in [0.717, 1.165) is 22.7 Å². The smallest absolute Gasteiger partial charge is 0.338 e. The van der Waals surface area contributed by atoms with Crippen molar-refractivity contribution in [2.24, 2.45) is 4.99 Å². The van der Waals surface area contributed by atoms with Gasteiger partial charge in [0.1, 0.15) is 24.1 Å². The van der Waals surface area contributed by atoms with Crippen molar-refractivity contribution in [1.29, 1.82) is 0 Å². The van der Waals surface area contributed by atoms with E-state index >= 15 is 0 Å². The number of methoxy groups -OCH3 is 1. The average Bonchev–Trinajstić information content (AvgIpc) is 3.25. The predicted molar refractivity (Wildman–Crippen MR) is 188 cm³/mol. The van der Waals surface area contributed by atoms with Crippen LogP contribution < -0.4 is 24.4 Å². The Balaban J connectivity index is 1.70. The Labute approximate surface area is 288 Å². The summed E-state index contributed by atoms with van der Waals surface area (Å²) in [6.07, 6.45) is 1.49. The van der Waals surface area contributed by atoms with Crippen molar-refractivity contribution in [2.45, 2.75) is 39.5 Å². The number of nitrogens with zero attached hydrogens (tertiary/aromatic N) is 2. The van der Waals surface area contributed by atoms with Crippen molar-refractivity contribution < 1.29 is 19.0 Å². The lowest BCUT2D eigenvalue weighted by Crippen LogP contribution is -2.40. The molecule has 0 saturated heterocycles. The van der Waals surface area contributed by atoms with Crippen LogP contribution in [0.3, 0.4) is 0 Å². The fourth-order valence-corrected chi connectivity index (χ4v) is 8.25. The van der Waals surface area contributed by atoms with E-state index in [1.165, 1.54) is 11.3 Å². The molecule has 0 spiro atoms. The molecule has 5 rings (SSSR count). The molecule has 1 aliphatic heterocycles. The first-order valence-electron chi connectivity index (χ1n) is 13.3. The number of carbonyl (C=O) groups is 1. The number of hydrogen-bond acceptors (Lipinski definition) is 7. The number of fused-ring (bicyclic) bond motifs is 1. The third-order valence-electron chi connectivity index (χ3n) is 6.62. The third-order valence-corrected chi connectivity index (χ3v) is 9.52. The number of aromatic nitrogens is 1. The number of esters is 1. The Hall–Kier alpha value is -2.49. The van der Waals surface area contributed by atoms with Gasteiger partial charge in [0.2, 0.25) is 0 Å². The molecule has 0 radical (unpaired) electrons. The molecule has 2 heterocycles. The molecular weight excluding hydrogens is 858 g/mol. The van der Waals surface area contributed by atoms with Gasteiger partial charge in [0.15, 0.2) is 4.80 Å². The predicted octanol–water partition coefficient (Wildman–Crippen LogP) is 6.75. The first kappa shape index (κ1) is 31.9. The number of carbonyl (C=O) groups excluding carboxylic acids is 1. The van der Waals surface area contributed by atoms with Crippen molar-refractivity contribution in [2.75, 3.05) is 7.11 Å². The molecule has 4 aromatic rings. The Bertz CT molecular complexity index is 1920. The van der Waals surface area contributed by atoms with Crippen LogP contribution in [0.5, 0.6) is 11.5 Å². The molecule has 1 atom stereocenters. The number of ether oxygens (including phenoxy) is 3. The van der Waals surface area contributed by atoms with Crippen molar-refractivity contribution in [3.63, 3.8) is 0 Å². The molecule has 3 aromatic carbocycles. The Kier molecular flexibility index (Phi) is 10.1. The molecular formula is C32H27BrI2N2O5S. The van der Waals surface area contributed by atoms with Crippen LogP contribution >= 0.6 is 72.4 Å². The summed E-state index contributed by atoms with van der Waals surface area (Å²) >= 11 is 9.34. The second-order valence-electron chi connectivity index (χ2n) is 10.0. The minimum Gasteiger partial charge on any atom is -0.496 e. The summed E-state index contributed by atoms with van der Waals surface area (Å²) in [5.74, 6) is 0.704. The largest absolute Gasteiger partial charge is 0.496 e. The van der Waals surface area contributed by atoms with E-state index in [2.05, 4.69) is 61.1 Å². The number of benzene rings is 3. The van der Waals surface area contributed by atoms with Gasteiger partial charge in [-0.15, -0.1) is 0 Å². The molecule has 0 amide bonds. The minimum absolute atomic E-state index is 0.277. The van der Waals surface area contributed by atoms with E-state index in [-0.39, 0.29) is 11.7 Å². The van der Waals surface area contributed by atoms with Crippen molar-refractivity contribution in [3.8, 4) is 11.5 Å². The highest BCUT2D eigenvalue weighted by Crippen LogP contribution is 2.37. The highest BCUT2D eigenvalue weighted by atomic mass is 127. The zero-order valence-corrected chi connectivity index (χ0v) is 30.4. The number of hydrogen-bond donors (Lipinski definition) is 0. The second kappa shape index (κ2) is 13.7. The monoisotopic (exact) mass is 884 g/mol. The summed E-state index contributed by atoms with van der Waals surface area (Å²) in [6, 6.07) is 18.7. The van der Waals surface area contributed by atoms with Crippen LogP contribution in [0.4, 0.5) is 0 Å². The average molecular weight is 885 g/mol. The van der Waals surface area contributed by atoms with Crippen molar-refractivity contribution in [1.82, 2.24) is 4.57 Å². The van der Waals surface area contributed by atoms with Crippen molar-refractivity contribution in [3.05, 3.63) is 120 Å². The summed E-state index contributed by atoms with van der Waals surface area (Å²) in [7, 11) is 1.56. The van der Waals surface area contributed by atoms with Gasteiger partial charge in [-0.1, -0.05) is 57.6 Å². The summed E-state index contributed by atoms with van der Waals surface area (Å²) in [5.41, 5.74) is 2.97. The van der Waals surface area contributed by atoms with Gasteiger partial charge in [-0.2, -0.15) is 0 Å². The molecule has 0 bridgehead atoms. The van der Waals surface area contributed by atoms with Gasteiger partial charge in [0.05, 0.1) is 32.6 Å². The number of rotatable bonds is 8. The van der Waals surface area contributed by atoms with Crippen LogP contribution in [0.25, 0.3) is 6.08 Å². The molecule has 43 heavy (non-hydrogen) atoms. The SMILES string of the molecule is COc1ccc(Br)cc1[C@H]1C(C(=O)OC(C)C)=C(C)N=c2s/c(=C\c3cc(I)cc(I)c3OCc3ccccc3)c(=O)n21. The van der Waals surface area contributed by atoms with Gasteiger partial charge in [-0.05, 0) is 108 Å². The van der Waals surface area contributed by atoms with E-state index in [1.54, 1.807) is 38.5 Å². The van der Waals surface area contributed by atoms with Crippen LogP contribution in [-0.2, 0) is 16.1 Å². The third kappa shape index (κ3) is 6.94. The lowest BCUT2D eigenvalue weighted by molar-refractivity contribution is -0.143. The number of allylic oxidation sites excluding steroid dienone is 1. The van der Waals surface area contributed by atoms with Gasteiger partial charge in [0, 0.05) is 19.2 Å². The molecule has 1 aromatic heterocycles. The normalized spacial score (nSPS) is 14.9. The zero-order chi connectivity index (χ0) is 30.8. The number of halogens is 3. The molecule has 0 saturated carbocycles. The first-order valence-corrected chi connectivity index (χ1v) is 17.1. The van der Waals surface area contributed by atoms with E-state index in [4.69, 9.17) is 19.2 Å². The molecule has 0 aliphatic carbocycles. The molecule has 1 aliphatic rings. The molecule has 0 N–H and O–H groups in total. The van der Waals surface area contributed by atoms with Gasteiger partial charge >= 0.3 is 5.97 Å². The Morgan fingerprint density at radius 1 is 1.14 bits per heavy atom. The lowest BCUT2D eigenvalue weighted by Gasteiger charge is -2.26. The van der Waals surface area contributed by atoms with Crippen LogP contribution in [0.1, 0.15) is 43.5 Å². The summed E-state index contributed by atoms with van der Waals surface area (Å²) < 4.78 is 22.4. The van der Waals surface area contributed by atoms with Gasteiger partial charge in [-0.3, -0.25) is 9.36 Å². The summed E-state index contributed by atoms with van der Waals surface area (Å²) in [4.78, 5) is 32.9. The Morgan fingerprint density at radius 3 is 2.58 bits per heavy atom. The molecule has 7 nitrogen and oxygen atoms in total. The van der Waals surface area contributed by atoms with Crippen LogP contribution in [0, 0.1) is 7.14 Å². The molecule has 222 valence electrons. The van der Waals surface area contributed by atoms with Crippen LogP contribution in [-0.4, -0.2) is 23.8 Å². The summed E-state index contributed by atoms with van der Waals surface area (Å²) in [6.45, 7) is 5.74. The standard InChI is InChI=1S/C32H27BrI2N2O5S/c1-17(2)42-31(39)27-18(3)36-32-37(28(27)23-14-21(33)10-11-25(23)40-4)30(38)26(43-32)13-20-12-22(34)15-24(35)29(20)41-16-19-8-6-5-7-9-19/h5-15,17,28H,16H2,1-4H3/b26-13-/t28-/m0/s1. The Morgan fingerprint density at radius 2 is 1.88 bits per heavy atom. The lowest BCUT2D eigenvalue weighted by atomic mass is 9.95. The van der Waals surface area contributed by atoms with E-state index in [0.29, 0.717) is 44.3 Å². The van der Waals surface area contributed by atoms with Gasteiger partial charge < -0.3 is 14.2 Å². The zero-order valence-electron chi connectivity index (χ0n) is 23.7. The maximum absolute atomic E-state index is 14.3. The topological polar surface area (TPSA) is 79.1 Å².